The van der Waals surface area contributed by atoms with Crippen LogP contribution in [-0.4, -0.2) is 40.9 Å². The number of methoxy groups -OCH3 is 1. The Morgan fingerprint density at radius 1 is 1.25 bits per heavy atom. The van der Waals surface area contributed by atoms with Crippen LogP contribution in [0, 0.1) is 6.92 Å². The minimum atomic E-state index is 0. The topological polar surface area (TPSA) is 76.4 Å². The van der Waals surface area contributed by atoms with Gasteiger partial charge in [-0.1, -0.05) is 31.0 Å². The van der Waals surface area contributed by atoms with Crippen molar-refractivity contribution >= 4 is 41.5 Å². The number of benzene rings is 1. The molecular formula is C19H30ClIN6O. The lowest BCUT2D eigenvalue weighted by Crippen LogP contribution is -2.39. The molecule has 0 saturated heterocycles. The molecule has 1 aromatic heterocycles. The molecule has 7 nitrogen and oxygen atoms in total. The Balaban J connectivity index is 0.00000392. The Hall–Kier alpha value is -1.55. The average Bonchev–Trinajstić information content (AvgIpc) is 2.99. The number of nitrogens with one attached hydrogen (secondary N) is 2. The van der Waals surface area contributed by atoms with E-state index in [2.05, 4.69) is 32.7 Å². The molecule has 0 aliphatic rings. The van der Waals surface area contributed by atoms with Crippen molar-refractivity contribution in [3.63, 3.8) is 0 Å². The molecule has 0 saturated carbocycles. The van der Waals surface area contributed by atoms with Gasteiger partial charge in [-0.15, -0.1) is 34.2 Å². The van der Waals surface area contributed by atoms with E-state index in [1.54, 1.807) is 7.11 Å². The Morgan fingerprint density at radius 3 is 2.61 bits per heavy atom. The van der Waals surface area contributed by atoms with E-state index < -0.39 is 0 Å². The lowest BCUT2D eigenvalue weighted by atomic mass is 10.1. The number of unbranched alkanes of at least 4 members (excludes halogenated alkanes) is 1. The third-order valence-corrected chi connectivity index (χ3v) is 4.68. The molecule has 0 aliphatic carbocycles. The number of ether oxygens (including phenoxy) is 1. The van der Waals surface area contributed by atoms with E-state index in [1.165, 1.54) is 0 Å². The van der Waals surface area contributed by atoms with Crippen molar-refractivity contribution in [1.82, 2.24) is 25.4 Å². The second-order valence-corrected chi connectivity index (χ2v) is 6.71. The van der Waals surface area contributed by atoms with Crippen molar-refractivity contribution in [2.45, 2.75) is 39.7 Å². The van der Waals surface area contributed by atoms with Crippen molar-refractivity contribution in [3.8, 4) is 5.75 Å². The summed E-state index contributed by atoms with van der Waals surface area (Å²) >= 11 is 6.32. The molecule has 0 fully saturated rings. The van der Waals surface area contributed by atoms with Gasteiger partial charge in [-0.3, -0.25) is 0 Å². The fourth-order valence-electron chi connectivity index (χ4n) is 2.47. The molecule has 2 rings (SSSR count). The number of guanidine groups is 1. The quantitative estimate of drug-likeness (QED) is 0.229. The molecule has 1 aromatic carbocycles. The Morgan fingerprint density at radius 2 is 2.00 bits per heavy atom. The summed E-state index contributed by atoms with van der Waals surface area (Å²) in [6.45, 7) is 6.17. The van der Waals surface area contributed by atoms with Crippen LogP contribution in [0.2, 0.25) is 5.02 Å². The Labute approximate surface area is 189 Å². The summed E-state index contributed by atoms with van der Waals surface area (Å²) in [5.41, 5.74) is 1.07. The molecule has 0 bridgehead atoms. The first kappa shape index (κ1) is 24.5. The van der Waals surface area contributed by atoms with E-state index in [1.807, 2.05) is 36.7 Å². The van der Waals surface area contributed by atoms with E-state index >= 15 is 0 Å². The highest BCUT2D eigenvalue weighted by atomic mass is 127. The first-order valence-corrected chi connectivity index (χ1v) is 9.62. The predicted octanol–water partition coefficient (Wildman–Crippen LogP) is 3.48. The van der Waals surface area contributed by atoms with Crippen molar-refractivity contribution in [2.24, 2.45) is 12.0 Å². The van der Waals surface area contributed by atoms with E-state index in [0.29, 0.717) is 11.6 Å². The van der Waals surface area contributed by atoms with Gasteiger partial charge in [0.2, 0.25) is 0 Å². The zero-order valence-electron chi connectivity index (χ0n) is 17.0. The number of aliphatic imine (C=N–C) groups is 1. The molecule has 9 heteroatoms. The fraction of sp³-hybridized carbons (Fsp3) is 0.526. The third-order valence-electron chi connectivity index (χ3n) is 4.33. The summed E-state index contributed by atoms with van der Waals surface area (Å²) in [5.74, 6) is 3.25. The van der Waals surface area contributed by atoms with Crippen LogP contribution in [0.15, 0.2) is 23.2 Å². The molecule has 0 aliphatic heterocycles. The van der Waals surface area contributed by atoms with Gasteiger partial charge in [0.15, 0.2) is 11.8 Å². The van der Waals surface area contributed by atoms with Crippen LogP contribution < -0.4 is 15.4 Å². The minimum Gasteiger partial charge on any atom is -0.497 e. The van der Waals surface area contributed by atoms with E-state index in [-0.39, 0.29) is 24.0 Å². The van der Waals surface area contributed by atoms with Gasteiger partial charge in [-0.2, -0.15) is 0 Å². The van der Waals surface area contributed by atoms with Gasteiger partial charge < -0.3 is 19.9 Å². The van der Waals surface area contributed by atoms with Gasteiger partial charge in [0.05, 0.1) is 7.11 Å². The zero-order chi connectivity index (χ0) is 19.6. The van der Waals surface area contributed by atoms with Crippen LogP contribution in [0.4, 0.5) is 0 Å². The van der Waals surface area contributed by atoms with Crippen molar-refractivity contribution in [3.05, 3.63) is 40.4 Å². The zero-order valence-corrected chi connectivity index (χ0v) is 20.0. The normalized spacial score (nSPS) is 11.1. The molecule has 0 radical (unpaired) electrons. The second kappa shape index (κ2) is 12.8. The highest BCUT2D eigenvalue weighted by molar-refractivity contribution is 14.0. The SMILES string of the molecule is CCCCNC(=NCc1nnc(C)n1C)NCCc1ccc(OC)cc1Cl.I. The number of aromatic nitrogens is 3. The summed E-state index contributed by atoms with van der Waals surface area (Å²) in [7, 11) is 3.58. The van der Waals surface area contributed by atoms with Gasteiger partial charge in [-0.05, 0) is 37.5 Å². The maximum Gasteiger partial charge on any atom is 0.191 e. The lowest BCUT2D eigenvalue weighted by Gasteiger charge is -2.13. The van der Waals surface area contributed by atoms with Gasteiger partial charge in [0, 0.05) is 25.2 Å². The van der Waals surface area contributed by atoms with Crippen LogP contribution in [-0.2, 0) is 20.0 Å². The number of halogens is 2. The van der Waals surface area contributed by atoms with Crippen molar-refractivity contribution in [2.75, 3.05) is 20.2 Å². The van der Waals surface area contributed by atoms with Crippen molar-refractivity contribution < 1.29 is 4.74 Å². The predicted molar refractivity (Wildman–Crippen MR) is 125 cm³/mol. The highest BCUT2D eigenvalue weighted by Gasteiger charge is 2.06. The maximum atomic E-state index is 6.32. The molecule has 0 atom stereocenters. The number of nitrogens with zero attached hydrogens (tertiary/aromatic N) is 4. The fourth-order valence-corrected chi connectivity index (χ4v) is 2.73. The molecule has 2 aromatic rings. The standard InChI is InChI=1S/C19H29ClN6O.HI/c1-5-6-10-21-19(23-13-18-25-24-14(2)26(18)3)22-11-9-15-7-8-16(27-4)12-17(15)20;/h7-8,12H,5-6,9-11,13H2,1-4H3,(H2,21,22,23);1H. The largest absolute Gasteiger partial charge is 0.497 e. The second-order valence-electron chi connectivity index (χ2n) is 6.30. The number of aryl methyl sites for hydroxylation is 1. The Kier molecular flexibility index (Phi) is 11.2. The van der Waals surface area contributed by atoms with Crippen LogP contribution in [0.3, 0.4) is 0 Å². The maximum absolute atomic E-state index is 6.32. The summed E-state index contributed by atoms with van der Waals surface area (Å²) in [5, 5.41) is 15.7. The highest BCUT2D eigenvalue weighted by Crippen LogP contribution is 2.22. The minimum absolute atomic E-state index is 0. The molecular weight excluding hydrogens is 491 g/mol. The molecule has 0 amide bonds. The number of rotatable bonds is 9. The molecule has 0 unspecified atom stereocenters. The van der Waals surface area contributed by atoms with Crippen molar-refractivity contribution in [1.29, 1.82) is 0 Å². The molecule has 1 heterocycles. The van der Waals surface area contributed by atoms with Crippen LogP contribution in [0.1, 0.15) is 37.0 Å². The molecule has 0 spiro atoms. The average molecular weight is 521 g/mol. The van der Waals surface area contributed by atoms with Crippen LogP contribution >= 0.6 is 35.6 Å². The first-order valence-electron chi connectivity index (χ1n) is 9.24. The Bertz CT molecular complexity index is 765. The van der Waals surface area contributed by atoms with E-state index in [0.717, 1.165) is 61.3 Å². The first-order chi connectivity index (χ1) is 13.0. The summed E-state index contributed by atoms with van der Waals surface area (Å²) in [6.07, 6.45) is 3.01. The monoisotopic (exact) mass is 520 g/mol. The van der Waals surface area contributed by atoms with Gasteiger partial charge in [0.1, 0.15) is 18.1 Å². The third kappa shape index (κ3) is 7.46. The molecule has 2 N–H and O–H groups in total. The van der Waals surface area contributed by atoms with Gasteiger partial charge in [0.25, 0.3) is 0 Å². The number of hydrogen-bond donors (Lipinski definition) is 2. The summed E-state index contributed by atoms with van der Waals surface area (Å²) in [6, 6.07) is 5.75. The summed E-state index contributed by atoms with van der Waals surface area (Å²) < 4.78 is 7.14. The van der Waals surface area contributed by atoms with E-state index in [4.69, 9.17) is 16.3 Å². The smallest absolute Gasteiger partial charge is 0.191 e. The van der Waals surface area contributed by atoms with Crippen LogP contribution in [0.5, 0.6) is 5.75 Å². The molecule has 28 heavy (non-hydrogen) atoms. The van der Waals surface area contributed by atoms with E-state index in [9.17, 15) is 0 Å². The van der Waals surface area contributed by atoms with Gasteiger partial charge >= 0.3 is 0 Å². The van der Waals surface area contributed by atoms with Crippen LogP contribution in [0.25, 0.3) is 0 Å². The lowest BCUT2D eigenvalue weighted by molar-refractivity contribution is 0.414. The van der Waals surface area contributed by atoms with Gasteiger partial charge in [-0.25, -0.2) is 4.99 Å². The summed E-state index contributed by atoms with van der Waals surface area (Å²) in [4.78, 5) is 4.64. The molecule has 156 valence electrons. The number of hydrogen-bond acceptors (Lipinski definition) is 4.